The molecule has 1 saturated carbocycles. The van der Waals surface area contributed by atoms with Gasteiger partial charge in [-0.3, -0.25) is 0 Å². The molecule has 0 spiro atoms. The van der Waals surface area contributed by atoms with E-state index in [9.17, 15) is 0 Å². The highest BCUT2D eigenvalue weighted by Gasteiger charge is 2.13. The molecule has 0 bridgehead atoms. The molecule has 0 radical (unpaired) electrons. The second-order valence-electron chi connectivity index (χ2n) is 11.6. The third kappa shape index (κ3) is 9.47. The molecule has 44 heavy (non-hydrogen) atoms. The Balaban J connectivity index is 1.32. The normalized spacial score (nSPS) is 14.3. The first-order valence-corrected chi connectivity index (χ1v) is 16.4. The zero-order valence-corrected chi connectivity index (χ0v) is 26.1. The number of allylic oxidation sites excluding steroid dienone is 5. The first-order valence-electron chi connectivity index (χ1n) is 16.4. The molecule has 4 aromatic carbocycles. The van der Waals surface area contributed by atoms with Gasteiger partial charge in [0, 0.05) is 29.3 Å². The number of hydrogen-bond donors (Lipinski definition) is 1. The topological polar surface area (TPSA) is 15.3 Å². The maximum absolute atomic E-state index is 3.54. The Hall–Kier alpha value is -4.56. The number of anilines is 4. The van der Waals surface area contributed by atoms with Gasteiger partial charge >= 0.3 is 0 Å². The van der Waals surface area contributed by atoms with Crippen molar-refractivity contribution in [3.63, 3.8) is 0 Å². The Morgan fingerprint density at radius 1 is 0.591 bits per heavy atom. The van der Waals surface area contributed by atoms with Crippen LogP contribution in [0.4, 0.5) is 22.7 Å². The third-order valence-electron chi connectivity index (χ3n) is 8.21. The fourth-order valence-electron chi connectivity index (χ4n) is 5.67. The van der Waals surface area contributed by atoms with Gasteiger partial charge < -0.3 is 10.2 Å². The smallest absolute Gasteiger partial charge is 0.0463 e. The molecular formula is C42H46N2. The number of nitrogens with one attached hydrogen (secondary N) is 1. The van der Waals surface area contributed by atoms with Gasteiger partial charge in [0.05, 0.1) is 0 Å². The maximum atomic E-state index is 3.54. The van der Waals surface area contributed by atoms with Crippen molar-refractivity contribution in [2.45, 2.75) is 51.9 Å². The number of benzene rings is 4. The SMILES string of the molecule is CCCCNc1ccc(N(c2ccc(/C=C/C=C/c3ccccc3)cc2)c2ccc(/C=C/C=C/C3CCCCC3)cc2)cc1. The third-order valence-corrected chi connectivity index (χ3v) is 8.21. The number of hydrogen-bond acceptors (Lipinski definition) is 2. The summed E-state index contributed by atoms with van der Waals surface area (Å²) in [5.41, 5.74) is 8.15. The van der Waals surface area contributed by atoms with Gasteiger partial charge in [0.1, 0.15) is 0 Å². The largest absolute Gasteiger partial charge is 0.385 e. The van der Waals surface area contributed by atoms with Gasteiger partial charge in [-0.1, -0.05) is 136 Å². The minimum atomic E-state index is 0.755. The molecule has 1 N–H and O–H groups in total. The van der Waals surface area contributed by atoms with Crippen LogP contribution in [0.15, 0.2) is 134 Å². The lowest BCUT2D eigenvalue weighted by Crippen LogP contribution is -2.10. The summed E-state index contributed by atoms with van der Waals surface area (Å²) in [4.78, 5) is 2.33. The summed E-state index contributed by atoms with van der Waals surface area (Å²) in [5, 5.41) is 3.54. The second-order valence-corrected chi connectivity index (χ2v) is 11.6. The van der Waals surface area contributed by atoms with Crippen molar-refractivity contribution in [3.8, 4) is 0 Å². The van der Waals surface area contributed by atoms with E-state index in [-0.39, 0.29) is 0 Å². The molecule has 0 atom stereocenters. The van der Waals surface area contributed by atoms with Crippen LogP contribution < -0.4 is 10.2 Å². The summed E-state index contributed by atoms with van der Waals surface area (Å²) >= 11 is 0. The first-order chi connectivity index (χ1) is 21.8. The van der Waals surface area contributed by atoms with Crippen molar-refractivity contribution in [2.75, 3.05) is 16.8 Å². The predicted molar refractivity (Wildman–Crippen MR) is 194 cm³/mol. The van der Waals surface area contributed by atoms with E-state index in [1.54, 1.807) is 0 Å². The second kappa shape index (κ2) is 16.9. The van der Waals surface area contributed by atoms with Crippen LogP contribution in [0.5, 0.6) is 0 Å². The van der Waals surface area contributed by atoms with Crippen molar-refractivity contribution in [1.82, 2.24) is 0 Å². The maximum Gasteiger partial charge on any atom is 0.0463 e. The Kier molecular flexibility index (Phi) is 11.9. The van der Waals surface area contributed by atoms with Crippen molar-refractivity contribution < 1.29 is 0 Å². The van der Waals surface area contributed by atoms with Crippen LogP contribution in [0, 0.1) is 5.92 Å². The van der Waals surface area contributed by atoms with Crippen molar-refractivity contribution >= 4 is 41.0 Å². The Morgan fingerprint density at radius 3 is 1.64 bits per heavy atom. The Morgan fingerprint density at radius 2 is 1.09 bits per heavy atom. The van der Waals surface area contributed by atoms with E-state index in [2.05, 4.69) is 163 Å². The van der Waals surface area contributed by atoms with E-state index < -0.39 is 0 Å². The van der Waals surface area contributed by atoms with Crippen LogP contribution in [0.3, 0.4) is 0 Å². The highest BCUT2D eigenvalue weighted by molar-refractivity contribution is 5.78. The summed E-state index contributed by atoms with van der Waals surface area (Å²) in [5.74, 6) is 0.755. The summed E-state index contributed by atoms with van der Waals surface area (Å²) in [6.45, 7) is 3.22. The zero-order valence-electron chi connectivity index (χ0n) is 26.1. The zero-order chi connectivity index (χ0) is 30.2. The molecule has 1 aliphatic carbocycles. The van der Waals surface area contributed by atoms with Crippen LogP contribution in [0.1, 0.15) is 68.6 Å². The van der Waals surface area contributed by atoms with Crippen LogP contribution in [0.25, 0.3) is 18.2 Å². The average molecular weight is 579 g/mol. The molecule has 0 heterocycles. The standard InChI is InChI=1S/C42H46N2/c1-2-3-34-43-39-26-32-42(33-27-39)44(40-28-22-37(23-29-40)20-12-10-18-35-14-6-4-7-15-35)41-30-24-38(25-31-41)21-13-11-19-36-16-8-5-9-17-36/h4,6-7,10-15,18-33,36,43H,2-3,5,8-9,16-17,34H2,1H3/b18-10+,19-11+,20-12+,21-13+. The summed E-state index contributed by atoms with van der Waals surface area (Å²) in [7, 11) is 0. The highest BCUT2D eigenvalue weighted by Crippen LogP contribution is 2.35. The molecule has 1 aliphatic rings. The van der Waals surface area contributed by atoms with Gasteiger partial charge in [-0.15, -0.1) is 0 Å². The lowest BCUT2D eigenvalue weighted by molar-refractivity contribution is 0.419. The van der Waals surface area contributed by atoms with E-state index in [0.29, 0.717) is 0 Å². The average Bonchev–Trinajstić information content (AvgIpc) is 3.08. The first kappa shape index (κ1) is 30.9. The summed E-state index contributed by atoms with van der Waals surface area (Å²) < 4.78 is 0. The monoisotopic (exact) mass is 578 g/mol. The highest BCUT2D eigenvalue weighted by atomic mass is 15.1. The van der Waals surface area contributed by atoms with E-state index in [1.807, 2.05) is 6.07 Å². The van der Waals surface area contributed by atoms with Gasteiger partial charge in [0.25, 0.3) is 0 Å². The molecule has 224 valence electrons. The van der Waals surface area contributed by atoms with E-state index >= 15 is 0 Å². The molecule has 0 saturated heterocycles. The minimum Gasteiger partial charge on any atom is -0.385 e. The number of nitrogens with zero attached hydrogens (tertiary/aromatic N) is 1. The lowest BCUT2D eigenvalue weighted by Gasteiger charge is -2.26. The fraction of sp³-hybridized carbons (Fsp3) is 0.238. The Bertz CT molecular complexity index is 1500. The van der Waals surface area contributed by atoms with E-state index in [0.717, 1.165) is 35.2 Å². The number of unbranched alkanes of at least 4 members (excludes halogenated alkanes) is 1. The van der Waals surface area contributed by atoms with E-state index in [4.69, 9.17) is 0 Å². The lowest BCUT2D eigenvalue weighted by atomic mass is 9.89. The molecule has 0 aromatic heterocycles. The van der Waals surface area contributed by atoms with Crippen LogP contribution in [-0.4, -0.2) is 6.54 Å². The van der Waals surface area contributed by atoms with Crippen molar-refractivity contribution in [2.24, 2.45) is 5.92 Å². The van der Waals surface area contributed by atoms with E-state index in [1.165, 1.54) is 61.6 Å². The molecular weight excluding hydrogens is 532 g/mol. The molecule has 0 aliphatic heterocycles. The van der Waals surface area contributed by atoms with Crippen LogP contribution in [-0.2, 0) is 0 Å². The van der Waals surface area contributed by atoms with Gasteiger partial charge in [0.15, 0.2) is 0 Å². The molecule has 5 rings (SSSR count). The van der Waals surface area contributed by atoms with Crippen molar-refractivity contribution in [1.29, 1.82) is 0 Å². The van der Waals surface area contributed by atoms with Gasteiger partial charge in [-0.2, -0.15) is 0 Å². The quantitative estimate of drug-likeness (QED) is 0.125. The minimum absolute atomic E-state index is 0.755. The van der Waals surface area contributed by atoms with Gasteiger partial charge in [-0.05, 0) is 90.4 Å². The molecule has 4 aromatic rings. The fourth-order valence-corrected chi connectivity index (χ4v) is 5.67. The molecule has 1 fully saturated rings. The van der Waals surface area contributed by atoms with Crippen LogP contribution >= 0.6 is 0 Å². The Labute approximate surface area is 265 Å². The van der Waals surface area contributed by atoms with Gasteiger partial charge in [-0.25, -0.2) is 0 Å². The summed E-state index contributed by atoms with van der Waals surface area (Å²) in [6.07, 6.45) is 26.7. The van der Waals surface area contributed by atoms with Gasteiger partial charge in [0.2, 0.25) is 0 Å². The summed E-state index contributed by atoms with van der Waals surface area (Å²) in [6, 6.07) is 36.8. The molecule has 0 amide bonds. The van der Waals surface area contributed by atoms with Crippen molar-refractivity contribution in [3.05, 3.63) is 150 Å². The molecule has 0 unspecified atom stereocenters. The number of rotatable bonds is 13. The molecule has 2 heteroatoms. The van der Waals surface area contributed by atoms with Crippen LogP contribution in [0.2, 0.25) is 0 Å². The molecule has 2 nitrogen and oxygen atoms in total. The predicted octanol–water partition coefficient (Wildman–Crippen LogP) is 12.2.